The topological polar surface area (TPSA) is 102 Å². The molecule has 0 radical (unpaired) electrons. The fraction of sp³-hybridized carbons (Fsp3) is 0.273. The van der Waals surface area contributed by atoms with Crippen LogP contribution in [0.25, 0.3) is 11.3 Å². The summed E-state index contributed by atoms with van der Waals surface area (Å²) in [6.45, 7) is 2.22. The minimum atomic E-state index is -3.53. The van der Waals surface area contributed by atoms with Crippen molar-refractivity contribution in [3.05, 3.63) is 65.4 Å². The molecule has 0 fully saturated rings. The van der Waals surface area contributed by atoms with Gasteiger partial charge >= 0.3 is 0 Å². The molecule has 8 nitrogen and oxygen atoms in total. The zero-order valence-corrected chi connectivity index (χ0v) is 18.3. The highest BCUT2D eigenvalue weighted by molar-refractivity contribution is 7.89. The molecule has 2 heterocycles. The lowest BCUT2D eigenvalue weighted by atomic mass is 10.1. The first-order valence-electron chi connectivity index (χ1n) is 9.80. The molecule has 162 valence electrons. The Kier molecular flexibility index (Phi) is 5.55. The smallest absolute Gasteiger partial charge is 0.251 e. The van der Waals surface area contributed by atoms with Crippen molar-refractivity contribution in [3.8, 4) is 17.1 Å². The highest BCUT2D eigenvalue weighted by Crippen LogP contribution is 2.33. The lowest BCUT2D eigenvalue weighted by Gasteiger charge is -2.11. The van der Waals surface area contributed by atoms with E-state index in [9.17, 15) is 13.2 Å². The van der Waals surface area contributed by atoms with Crippen LogP contribution in [0.4, 0.5) is 0 Å². The van der Waals surface area contributed by atoms with E-state index in [4.69, 9.17) is 9.26 Å². The molecule has 0 spiro atoms. The van der Waals surface area contributed by atoms with Crippen LogP contribution in [0.5, 0.6) is 5.75 Å². The summed E-state index contributed by atoms with van der Waals surface area (Å²) in [5, 5.41) is 6.79. The monoisotopic (exact) mass is 441 g/mol. The van der Waals surface area contributed by atoms with Gasteiger partial charge in [-0.15, -0.1) is 0 Å². The Morgan fingerprint density at radius 2 is 1.90 bits per heavy atom. The summed E-state index contributed by atoms with van der Waals surface area (Å²) < 4.78 is 36.5. The third-order valence-electron chi connectivity index (χ3n) is 5.06. The quantitative estimate of drug-likeness (QED) is 0.631. The van der Waals surface area contributed by atoms with Gasteiger partial charge in [0.05, 0.1) is 11.4 Å². The number of ether oxygens (including phenoxy) is 1. The Bertz CT molecular complexity index is 1220. The van der Waals surface area contributed by atoms with E-state index in [0.717, 1.165) is 27.6 Å². The second kappa shape index (κ2) is 8.16. The van der Waals surface area contributed by atoms with Crippen molar-refractivity contribution in [2.24, 2.45) is 0 Å². The summed E-state index contributed by atoms with van der Waals surface area (Å²) >= 11 is 0. The van der Waals surface area contributed by atoms with Crippen LogP contribution in [-0.4, -0.2) is 44.0 Å². The number of carbonyl (C=O) groups excluding carboxylic acids is 1. The van der Waals surface area contributed by atoms with E-state index in [2.05, 4.69) is 10.5 Å². The van der Waals surface area contributed by atoms with Gasteiger partial charge in [0.2, 0.25) is 10.0 Å². The molecule has 1 amide bonds. The number of aromatic nitrogens is 1. The minimum Gasteiger partial charge on any atom is -0.490 e. The summed E-state index contributed by atoms with van der Waals surface area (Å²) in [7, 11) is -0.619. The second-order valence-corrected chi connectivity index (χ2v) is 9.78. The Morgan fingerprint density at radius 3 is 2.61 bits per heavy atom. The maximum atomic E-state index is 12.4. The van der Waals surface area contributed by atoms with Crippen LogP contribution in [0.2, 0.25) is 0 Å². The van der Waals surface area contributed by atoms with Gasteiger partial charge in [0.1, 0.15) is 17.5 Å². The first kappa shape index (κ1) is 21.1. The van der Waals surface area contributed by atoms with Crippen LogP contribution in [0.1, 0.15) is 28.5 Å². The molecule has 0 aliphatic carbocycles. The van der Waals surface area contributed by atoms with Crippen LogP contribution in [0.3, 0.4) is 0 Å². The summed E-state index contributed by atoms with van der Waals surface area (Å²) in [5.41, 5.74) is 2.98. The van der Waals surface area contributed by atoms with Gasteiger partial charge in [0.25, 0.3) is 5.91 Å². The molecule has 1 atom stereocenters. The molecule has 0 saturated carbocycles. The van der Waals surface area contributed by atoms with Gasteiger partial charge in [0.15, 0.2) is 5.76 Å². The van der Waals surface area contributed by atoms with E-state index < -0.39 is 10.0 Å². The summed E-state index contributed by atoms with van der Waals surface area (Å²) in [6, 6.07) is 13.5. The first-order valence-corrected chi connectivity index (χ1v) is 11.2. The molecular formula is C22H23N3O5S. The van der Waals surface area contributed by atoms with E-state index in [-0.39, 0.29) is 23.5 Å². The first-order chi connectivity index (χ1) is 14.7. The maximum Gasteiger partial charge on any atom is 0.251 e. The molecule has 0 saturated heterocycles. The van der Waals surface area contributed by atoms with E-state index in [1.165, 1.54) is 38.4 Å². The number of carbonyl (C=O) groups is 1. The molecule has 0 unspecified atom stereocenters. The maximum absolute atomic E-state index is 12.4. The standard InChI is InChI=1S/C22H23N3O5S/c1-14-10-17-11-16(6-9-20(17)29-14)21-12-18(24-30-21)13-23-22(26)15-4-7-19(8-5-15)31(27,28)25(2)3/h4-9,11-12,14H,10,13H2,1-3H3,(H,23,26)/t14-/m0/s1. The SMILES string of the molecule is C[C@H]1Cc2cc(-c3cc(CNC(=O)c4ccc(S(=O)(=O)N(C)C)cc4)no3)ccc2O1. The average Bonchev–Trinajstić information content (AvgIpc) is 3.37. The summed E-state index contributed by atoms with van der Waals surface area (Å²) in [6.07, 6.45) is 1.03. The van der Waals surface area contributed by atoms with E-state index in [1.807, 2.05) is 25.1 Å². The molecule has 1 aromatic heterocycles. The fourth-order valence-electron chi connectivity index (χ4n) is 3.37. The normalized spacial score (nSPS) is 15.5. The number of nitrogens with zero attached hydrogens (tertiary/aromatic N) is 2. The largest absolute Gasteiger partial charge is 0.490 e. The van der Waals surface area contributed by atoms with Gasteiger partial charge < -0.3 is 14.6 Å². The van der Waals surface area contributed by atoms with Crippen molar-refractivity contribution in [1.29, 1.82) is 0 Å². The van der Waals surface area contributed by atoms with E-state index >= 15 is 0 Å². The van der Waals surface area contributed by atoms with Crippen molar-refractivity contribution in [2.45, 2.75) is 30.9 Å². The third kappa shape index (κ3) is 4.33. The number of hydrogen-bond donors (Lipinski definition) is 1. The van der Waals surface area contributed by atoms with Gasteiger partial charge in [0, 0.05) is 37.7 Å². The van der Waals surface area contributed by atoms with E-state index in [0.29, 0.717) is 17.0 Å². The molecule has 0 bridgehead atoms. The average molecular weight is 442 g/mol. The molecule has 2 aromatic carbocycles. The number of amides is 1. The van der Waals surface area contributed by atoms with Gasteiger partial charge in [-0.25, -0.2) is 12.7 Å². The lowest BCUT2D eigenvalue weighted by Crippen LogP contribution is -2.24. The number of sulfonamides is 1. The summed E-state index contributed by atoms with van der Waals surface area (Å²) in [5.74, 6) is 1.18. The van der Waals surface area contributed by atoms with E-state index in [1.54, 1.807) is 6.07 Å². The Morgan fingerprint density at radius 1 is 1.16 bits per heavy atom. The predicted octanol–water partition coefficient (Wildman–Crippen LogP) is 2.85. The fourth-order valence-corrected chi connectivity index (χ4v) is 4.27. The van der Waals surface area contributed by atoms with Crippen LogP contribution >= 0.6 is 0 Å². The van der Waals surface area contributed by atoms with Crippen molar-refractivity contribution in [3.63, 3.8) is 0 Å². The summed E-state index contributed by atoms with van der Waals surface area (Å²) in [4.78, 5) is 12.5. The number of benzene rings is 2. The zero-order chi connectivity index (χ0) is 22.2. The second-order valence-electron chi connectivity index (χ2n) is 7.63. The molecule has 1 aliphatic rings. The van der Waals surface area contributed by atoms with Crippen LogP contribution in [0, 0.1) is 0 Å². The number of nitrogens with one attached hydrogen (secondary N) is 1. The van der Waals surface area contributed by atoms with Gasteiger partial charge in [-0.05, 0) is 55.0 Å². The molecule has 9 heteroatoms. The van der Waals surface area contributed by atoms with Crippen LogP contribution in [-0.2, 0) is 23.0 Å². The van der Waals surface area contributed by atoms with Crippen molar-refractivity contribution < 1.29 is 22.5 Å². The molecule has 31 heavy (non-hydrogen) atoms. The number of fused-ring (bicyclic) bond motifs is 1. The Labute approximate surface area is 180 Å². The number of hydrogen-bond acceptors (Lipinski definition) is 6. The molecule has 1 aliphatic heterocycles. The van der Waals surface area contributed by atoms with Gasteiger partial charge in [-0.2, -0.15) is 0 Å². The molecule has 4 rings (SSSR count). The predicted molar refractivity (Wildman–Crippen MR) is 114 cm³/mol. The lowest BCUT2D eigenvalue weighted by molar-refractivity contribution is 0.0950. The molecule has 1 N–H and O–H groups in total. The Balaban J connectivity index is 1.40. The molecule has 3 aromatic rings. The van der Waals surface area contributed by atoms with Gasteiger partial charge in [-0.3, -0.25) is 4.79 Å². The Hall–Kier alpha value is -3.17. The number of rotatable bonds is 6. The minimum absolute atomic E-state index is 0.129. The highest BCUT2D eigenvalue weighted by Gasteiger charge is 2.20. The molecular weight excluding hydrogens is 418 g/mol. The van der Waals surface area contributed by atoms with Crippen molar-refractivity contribution >= 4 is 15.9 Å². The zero-order valence-electron chi connectivity index (χ0n) is 17.5. The van der Waals surface area contributed by atoms with Crippen molar-refractivity contribution in [2.75, 3.05) is 14.1 Å². The van der Waals surface area contributed by atoms with Crippen molar-refractivity contribution in [1.82, 2.24) is 14.8 Å². The third-order valence-corrected chi connectivity index (χ3v) is 6.89. The van der Waals surface area contributed by atoms with Crippen LogP contribution < -0.4 is 10.1 Å². The highest BCUT2D eigenvalue weighted by atomic mass is 32.2. The van der Waals surface area contributed by atoms with Gasteiger partial charge in [-0.1, -0.05) is 5.16 Å². The van der Waals surface area contributed by atoms with Crippen LogP contribution in [0.15, 0.2) is 57.9 Å².